The summed E-state index contributed by atoms with van der Waals surface area (Å²) in [5.41, 5.74) is 0. The quantitative estimate of drug-likeness (QED) is 0.0261. The molecular formula is C70H124O6. The minimum atomic E-state index is -0.779. The van der Waals surface area contributed by atoms with Crippen LogP contribution in [0.3, 0.4) is 0 Å². The number of esters is 3. The van der Waals surface area contributed by atoms with E-state index in [2.05, 4.69) is 93.7 Å². The largest absolute Gasteiger partial charge is 0.462 e. The number of rotatable bonds is 60. The number of hydrogen-bond donors (Lipinski definition) is 0. The van der Waals surface area contributed by atoms with Crippen LogP contribution in [0.2, 0.25) is 0 Å². The molecule has 0 aliphatic rings. The molecule has 76 heavy (non-hydrogen) atoms. The number of carbonyl (C=O) groups excluding carboxylic acids is 3. The van der Waals surface area contributed by atoms with Crippen molar-refractivity contribution < 1.29 is 28.6 Å². The molecule has 0 N–H and O–H groups in total. The van der Waals surface area contributed by atoms with Crippen LogP contribution in [-0.4, -0.2) is 37.2 Å². The van der Waals surface area contributed by atoms with Gasteiger partial charge in [-0.05, 0) is 89.9 Å². The molecule has 0 aliphatic heterocycles. The predicted molar refractivity (Wildman–Crippen MR) is 330 cm³/mol. The Morgan fingerprint density at radius 1 is 0.276 bits per heavy atom. The Morgan fingerprint density at radius 2 is 0.513 bits per heavy atom. The number of unbranched alkanes of at least 4 members (excludes halogenated alkanes) is 37. The lowest BCUT2D eigenvalue weighted by Crippen LogP contribution is -2.30. The zero-order valence-electron chi connectivity index (χ0n) is 50.5. The van der Waals surface area contributed by atoms with Gasteiger partial charge in [-0.15, -0.1) is 0 Å². The van der Waals surface area contributed by atoms with E-state index in [1.165, 1.54) is 199 Å². The fraction of sp³-hybridized carbons (Fsp3) is 0.786. The van der Waals surface area contributed by atoms with Crippen LogP contribution in [0.5, 0.6) is 0 Å². The van der Waals surface area contributed by atoms with E-state index < -0.39 is 6.10 Å². The van der Waals surface area contributed by atoms with Gasteiger partial charge < -0.3 is 14.2 Å². The number of hydrogen-bond acceptors (Lipinski definition) is 6. The Labute approximate surface area is 472 Å². The molecule has 0 spiro atoms. The first-order valence-electron chi connectivity index (χ1n) is 32.9. The SMILES string of the molecule is CC/C=C\C/C=C\C/C=C\C/C=C\C/C=C\CCCCCCCCCCCC(=O)OCC(COC(=O)CCCCCCCCCCCCCCCCC)OC(=O)CCCCCCCCC/C=C\CCCCCCCCC. The Kier molecular flexibility index (Phi) is 61.7. The molecule has 0 heterocycles. The lowest BCUT2D eigenvalue weighted by atomic mass is 10.0. The average Bonchev–Trinajstić information content (AvgIpc) is 3.42. The van der Waals surface area contributed by atoms with Crippen LogP contribution in [0.1, 0.15) is 335 Å². The summed E-state index contributed by atoms with van der Waals surface area (Å²) in [7, 11) is 0. The Morgan fingerprint density at radius 3 is 0.816 bits per heavy atom. The summed E-state index contributed by atoms with van der Waals surface area (Å²) in [6.45, 7) is 6.56. The highest BCUT2D eigenvalue weighted by Crippen LogP contribution is 2.17. The fourth-order valence-electron chi connectivity index (χ4n) is 9.53. The van der Waals surface area contributed by atoms with E-state index in [-0.39, 0.29) is 31.1 Å². The first-order chi connectivity index (χ1) is 37.5. The van der Waals surface area contributed by atoms with Gasteiger partial charge in [-0.3, -0.25) is 14.4 Å². The van der Waals surface area contributed by atoms with Crippen LogP contribution in [0.15, 0.2) is 72.9 Å². The van der Waals surface area contributed by atoms with Crippen molar-refractivity contribution >= 4 is 17.9 Å². The Hall–Kier alpha value is -3.15. The summed E-state index contributed by atoms with van der Waals surface area (Å²) in [5.74, 6) is -0.867. The van der Waals surface area contributed by atoms with Crippen LogP contribution in [0.25, 0.3) is 0 Å². The van der Waals surface area contributed by atoms with Crippen molar-refractivity contribution in [3.63, 3.8) is 0 Å². The molecule has 0 aliphatic carbocycles. The van der Waals surface area contributed by atoms with Gasteiger partial charge in [0.05, 0.1) is 0 Å². The van der Waals surface area contributed by atoms with Crippen molar-refractivity contribution in [2.45, 2.75) is 341 Å². The van der Waals surface area contributed by atoms with Crippen LogP contribution < -0.4 is 0 Å². The number of allylic oxidation sites excluding steroid dienone is 12. The summed E-state index contributed by atoms with van der Waals surface area (Å²) >= 11 is 0. The van der Waals surface area contributed by atoms with E-state index in [0.29, 0.717) is 19.3 Å². The van der Waals surface area contributed by atoms with Crippen molar-refractivity contribution in [1.29, 1.82) is 0 Å². The molecule has 440 valence electrons. The maximum absolute atomic E-state index is 12.9. The molecule has 0 fully saturated rings. The molecule has 6 nitrogen and oxygen atoms in total. The normalized spacial score (nSPS) is 12.5. The molecule has 0 bridgehead atoms. The van der Waals surface area contributed by atoms with E-state index in [1.54, 1.807) is 0 Å². The van der Waals surface area contributed by atoms with E-state index in [0.717, 1.165) is 96.3 Å². The summed E-state index contributed by atoms with van der Waals surface area (Å²) < 4.78 is 17.0. The number of carbonyl (C=O) groups is 3. The smallest absolute Gasteiger partial charge is 0.306 e. The van der Waals surface area contributed by atoms with E-state index >= 15 is 0 Å². The van der Waals surface area contributed by atoms with Gasteiger partial charge in [-0.25, -0.2) is 0 Å². The van der Waals surface area contributed by atoms with Crippen LogP contribution in [0, 0.1) is 0 Å². The van der Waals surface area contributed by atoms with Crippen molar-refractivity contribution in [2.24, 2.45) is 0 Å². The standard InChI is InChI=1S/C70H124O6/c1-4-7-10-13-16-19-22-25-28-30-32-33-34-35-36-37-38-40-42-45-48-51-54-57-60-63-69(72)75-66-67(65-74-68(71)62-59-56-53-50-47-44-41-27-24-21-18-15-12-9-6-3)76-70(73)64-61-58-55-52-49-46-43-39-31-29-26-23-20-17-14-11-8-5-2/h7,10,16,19,25,28-29,31-33,35-36,67H,4-6,8-9,11-15,17-18,20-24,26-27,30,34,37-66H2,1-3H3/b10-7-,19-16-,28-25-,31-29-,33-32-,36-35-. The lowest BCUT2D eigenvalue weighted by molar-refractivity contribution is -0.167. The van der Waals surface area contributed by atoms with Crippen molar-refractivity contribution in [1.82, 2.24) is 0 Å². The van der Waals surface area contributed by atoms with Gasteiger partial charge >= 0.3 is 17.9 Å². The minimum absolute atomic E-state index is 0.0751. The molecule has 1 unspecified atom stereocenters. The highest BCUT2D eigenvalue weighted by molar-refractivity contribution is 5.71. The van der Waals surface area contributed by atoms with Crippen molar-refractivity contribution in [3.8, 4) is 0 Å². The molecule has 0 rings (SSSR count). The topological polar surface area (TPSA) is 78.9 Å². The zero-order valence-corrected chi connectivity index (χ0v) is 50.5. The fourth-order valence-corrected chi connectivity index (χ4v) is 9.53. The first-order valence-corrected chi connectivity index (χ1v) is 32.9. The van der Waals surface area contributed by atoms with Crippen molar-refractivity contribution in [3.05, 3.63) is 72.9 Å². The molecule has 0 aromatic carbocycles. The molecule has 0 saturated carbocycles. The maximum Gasteiger partial charge on any atom is 0.306 e. The Balaban J connectivity index is 4.33. The number of ether oxygens (including phenoxy) is 3. The molecule has 0 aromatic rings. The first kappa shape index (κ1) is 72.8. The third kappa shape index (κ3) is 61.7. The van der Waals surface area contributed by atoms with Crippen LogP contribution >= 0.6 is 0 Å². The molecule has 1 atom stereocenters. The lowest BCUT2D eigenvalue weighted by Gasteiger charge is -2.18. The monoisotopic (exact) mass is 1060 g/mol. The average molecular weight is 1060 g/mol. The third-order valence-corrected chi connectivity index (χ3v) is 14.4. The van der Waals surface area contributed by atoms with Gasteiger partial charge in [0.1, 0.15) is 13.2 Å². The van der Waals surface area contributed by atoms with Gasteiger partial charge in [0.2, 0.25) is 0 Å². The van der Waals surface area contributed by atoms with Gasteiger partial charge in [0.15, 0.2) is 6.10 Å². The predicted octanol–water partition coefficient (Wildman–Crippen LogP) is 22.5. The molecule has 0 aromatic heterocycles. The summed E-state index contributed by atoms with van der Waals surface area (Å²) in [6.07, 6.45) is 83.3. The summed E-state index contributed by atoms with van der Waals surface area (Å²) in [6, 6.07) is 0. The van der Waals surface area contributed by atoms with Crippen LogP contribution in [-0.2, 0) is 28.6 Å². The van der Waals surface area contributed by atoms with Crippen LogP contribution in [0.4, 0.5) is 0 Å². The van der Waals surface area contributed by atoms with Gasteiger partial charge in [-0.1, -0.05) is 299 Å². The van der Waals surface area contributed by atoms with E-state index in [9.17, 15) is 14.4 Å². The molecule has 0 saturated heterocycles. The molecule has 6 heteroatoms. The van der Waals surface area contributed by atoms with E-state index in [4.69, 9.17) is 14.2 Å². The minimum Gasteiger partial charge on any atom is -0.462 e. The second-order valence-electron chi connectivity index (χ2n) is 22.0. The van der Waals surface area contributed by atoms with Gasteiger partial charge in [0.25, 0.3) is 0 Å². The molecule has 0 amide bonds. The second-order valence-corrected chi connectivity index (χ2v) is 22.0. The zero-order chi connectivity index (χ0) is 55.0. The third-order valence-electron chi connectivity index (χ3n) is 14.4. The highest BCUT2D eigenvalue weighted by atomic mass is 16.6. The highest BCUT2D eigenvalue weighted by Gasteiger charge is 2.19. The van der Waals surface area contributed by atoms with Crippen molar-refractivity contribution in [2.75, 3.05) is 13.2 Å². The second kappa shape index (κ2) is 64.4. The Bertz CT molecular complexity index is 1400. The molecular weight excluding hydrogens is 937 g/mol. The van der Waals surface area contributed by atoms with Gasteiger partial charge in [-0.2, -0.15) is 0 Å². The van der Waals surface area contributed by atoms with E-state index in [1.807, 2.05) is 0 Å². The summed E-state index contributed by atoms with van der Waals surface area (Å²) in [4.78, 5) is 38.4. The maximum atomic E-state index is 12.9. The summed E-state index contributed by atoms with van der Waals surface area (Å²) in [5, 5.41) is 0. The van der Waals surface area contributed by atoms with Gasteiger partial charge in [0, 0.05) is 19.3 Å². The molecule has 0 radical (unpaired) electrons.